The average Bonchev–Trinajstić information content (AvgIpc) is 2.83. The van der Waals surface area contributed by atoms with E-state index in [1.165, 1.54) is 24.8 Å². The van der Waals surface area contributed by atoms with E-state index in [1.54, 1.807) is 0 Å². The zero-order valence-electron chi connectivity index (χ0n) is 17.6. The lowest BCUT2D eigenvalue weighted by Gasteiger charge is -2.37. The van der Waals surface area contributed by atoms with Crippen LogP contribution >= 0.6 is 0 Å². The zero-order valence-corrected chi connectivity index (χ0v) is 17.6. The maximum atomic E-state index is 6.29. The van der Waals surface area contributed by atoms with E-state index in [-0.39, 0.29) is 5.41 Å². The third-order valence-corrected chi connectivity index (χ3v) is 6.23. The van der Waals surface area contributed by atoms with Crippen molar-refractivity contribution in [2.45, 2.75) is 50.7 Å². The maximum Gasteiger partial charge on any atom is 0.161 e. The van der Waals surface area contributed by atoms with Crippen molar-refractivity contribution in [3.8, 4) is 11.5 Å². The van der Waals surface area contributed by atoms with E-state index < -0.39 is 0 Å². The van der Waals surface area contributed by atoms with Crippen molar-refractivity contribution in [3.05, 3.63) is 95.6 Å². The minimum Gasteiger partial charge on any atom is -0.485 e. The Morgan fingerprint density at radius 3 is 1.80 bits per heavy atom. The molecule has 3 aromatic carbocycles. The van der Waals surface area contributed by atoms with Gasteiger partial charge >= 0.3 is 0 Å². The highest BCUT2D eigenvalue weighted by molar-refractivity contribution is 5.46. The van der Waals surface area contributed by atoms with Gasteiger partial charge in [-0.3, -0.25) is 0 Å². The molecule has 1 aliphatic rings. The highest BCUT2D eigenvalue weighted by atomic mass is 16.5. The first-order chi connectivity index (χ1) is 14.8. The molecule has 0 unspecified atom stereocenters. The molecule has 3 nitrogen and oxygen atoms in total. The minimum absolute atomic E-state index is 0.0566. The van der Waals surface area contributed by atoms with Gasteiger partial charge in [0, 0.05) is 12.0 Å². The van der Waals surface area contributed by atoms with Gasteiger partial charge in [-0.2, -0.15) is 0 Å². The third kappa shape index (κ3) is 4.85. The summed E-state index contributed by atoms with van der Waals surface area (Å²) in [7, 11) is 0. The average molecular weight is 402 g/mol. The number of ether oxygens (including phenoxy) is 2. The van der Waals surface area contributed by atoms with Gasteiger partial charge in [-0.05, 0) is 41.7 Å². The molecule has 3 aromatic rings. The van der Waals surface area contributed by atoms with Gasteiger partial charge in [-0.1, -0.05) is 86.0 Å². The Kier molecular flexibility index (Phi) is 6.70. The molecule has 1 aliphatic carbocycles. The lowest BCUT2D eigenvalue weighted by Crippen LogP contribution is -2.37. The molecule has 0 bridgehead atoms. The first-order valence-electron chi connectivity index (χ1n) is 11.0. The van der Waals surface area contributed by atoms with E-state index in [2.05, 4.69) is 42.5 Å². The van der Waals surface area contributed by atoms with Crippen LogP contribution in [0.4, 0.5) is 0 Å². The Morgan fingerprint density at radius 2 is 1.23 bits per heavy atom. The number of rotatable bonds is 8. The van der Waals surface area contributed by atoms with Crippen LogP contribution in [-0.4, -0.2) is 6.54 Å². The van der Waals surface area contributed by atoms with Gasteiger partial charge in [0.2, 0.25) is 0 Å². The molecule has 4 rings (SSSR count). The van der Waals surface area contributed by atoms with Crippen molar-refractivity contribution >= 4 is 0 Å². The monoisotopic (exact) mass is 401 g/mol. The predicted octanol–water partition coefficient (Wildman–Crippen LogP) is 6.01. The summed E-state index contributed by atoms with van der Waals surface area (Å²) < 4.78 is 12.4. The molecule has 0 spiro atoms. The number of benzene rings is 3. The van der Waals surface area contributed by atoms with Crippen molar-refractivity contribution < 1.29 is 9.47 Å². The lowest BCUT2D eigenvalue weighted by atomic mass is 9.69. The van der Waals surface area contributed by atoms with Crippen molar-refractivity contribution in [1.29, 1.82) is 0 Å². The van der Waals surface area contributed by atoms with Crippen molar-refractivity contribution in [1.82, 2.24) is 0 Å². The van der Waals surface area contributed by atoms with Crippen molar-refractivity contribution in [2.24, 2.45) is 5.73 Å². The zero-order chi connectivity index (χ0) is 20.7. The summed E-state index contributed by atoms with van der Waals surface area (Å²) >= 11 is 0. The fraction of sp³-hybridized carbons (Fsp3) is 0.333. The quantitative estimate of drug-likeness (QED) is 0.503. The molecule has 156 valence electrons. The Labute approximate surface area is 179 Å². The fourth-order valence-electron chi connectivity index (χ4n) is 4.38. The molecular formula is C27H31NO2. The summed E-state index contributed by atoms with van der Waals surface area (Å²) in [4.78, 5) is 0. The summed E-state index contributed by atoms with van der Waals surface area (Å²) in [5, 5.41) is 0. The van der Waals surface area contributed by atoms with Gasteiger partial charge in [-0.25, -0.2) is 0 Å². The topological polar surface area (TPSA) is 44.5 Å². The van der Waals surface area contributed by atoms with Crippen LogP contribution in [-0.2, 0) is 18.6 Å². The maximum absolute atomic E-state index is 6.29. The Hall–Kier alpha value is -2.78. The van der Waals surface area contributed by atoms with E-state index in [0.29, 0.717) is 19.8 Å². The van der Waals surface area contributed by atoms with Crippen LogP contribution in [0, 0.1) is 0 Å². The van der Waals surface area contributed by atoms with Crippen LogP contribution in [0.15, 0.2) is 78.9 Å². The van der Waals surface area contributed by atoms with E-state index in [4.69, 9.17) is 15.2 Å². The van der Waals surface area contributed by atoms with E-state index in [1.807, 2.05) is 36.4 Å². The SMILES string of the molecule is NCC1(c2ccc(OCc3ccccc3)c(OCc3ccccc3)c2)CCCCC1. The molecule has 2 N–H and O–H groups in total. The largest absolute Gasteiger partial charge is 0.485 e. The molecule has 0 atom stereocenters. The second kappa shape index (κ2) is 9.82. The Balaban J connectivity index is 1.59. The molecule has 0 saturated heterocycles. The highest BCUT2D eigenvalue weighted by Crippen LogP contribution is 2.42. The van der Waals surface area contributed by atoms with Crippen LogP contribution in [0.2, 0.25) is 0 Å². The molecule has 0 radical (unpaired) electrons. The van der Waals surface area contributed by atoms with E-state index in [9.17, 15) is 0 Å². The van der Waals surface area contributed by atoms with E-state index >= 15 is 0 Å². The molecule has 0 heterocycles. The third-order valence-electron chi connectivity index (χ3n) is 6.23. The summed E-state index contributed by atoms with van der Waals surface area (Å²) in [6.07, 6.45) is 6.07. The van der Waals surface area contributed by atoms with Crippen LogP contribution in [0.1, 0.15) is 48.8 Å². The standard InChI is InChI=1S/C27H31NO2/c28-21-27(16-8-3-9-17-27)24-14-15-25(29-19-22-10-4-1-5-11-22)26(18-24)30-20-23-12-6-2-7-13-23/h1-2,4-7,10-15,18H,3,8-9,16-17,19-21,28H2. The predicted molar refractivity (Wildman–Crippen MR) is 122 cm³/mol. The fourth-order valence-corrected chi connectivity index (χ4v) is 4.38. The van der Waals surface area contributed by atoms with Crippen molar-refractivity contribution in [3.63, 3.8) is 0 Å². The summed E-state index contributed by atoms with van der Waals surface area (Å²) in [5.74, 6) is 1.58. The number of hydrogen-bond acceptors (Lipinski definition) is 3. The molecule has 3 heteroatoms. The molecule has 1 fully saturated rings. The van der Waals surface area contributed by atoms with Crippen molar-refractivity contribution in [2.75, 3.05) is 6.54 Å². The molecule has 0 aromatic heterocycles. The van der Waals surface area contributed by atoms with Gasteiger partial charge in [0.25, 0.3) is 0 Å². The van der Waals surface area contributed by atoms with Crippen LogP contribution in [0.25, 0.3) is 0 Å². The highest BCUT2D eigenvalue weighted by Gasteiger charge is 2.33. The van der Waals surface area contributed by atoms with E-state index in [0.717, 1.165) is 35.5 Å². The van der Waals surface area contributed by atoms with Crippen LogP contribution < -0.4 is 15.2 Å². The van der Waals surface area contributed by atoms with Gasteiger partial charge in [0.1, 0.15) is 13.2 Å². The summed E-state index contributed by atoms with van der Waals surface area (Å²) in [5.41, 5.74) is 9.90. The Bertz CT molecular complexity index is 918. The molecular weight excluding hydrogens is 370 g/mol. The minimum atomic E-state index is 0.0566. The summed E-state index contributed by atoms with van der Waals surface area (Å²) in [6, 6.07) is 26.9. The molecule has 1 saturated carbocycles. The number of nitrogens with two attached hydrogens (primary N) is 1. The first kappa shape index (κ1) is 20.5. The van der Waals surface area contributed by atoms with Gasteiger partial charge in [0.15, 0.2) is 11.5 Å². The number of hydrogen-bond donors (Lipinski definition) is 1. The van der Waals surface area contributed by atoms with Gasteiger partial charge in [-0.15, -0.1) is 0 Å². The first-order valence-corrected chi connectivity index (χ1v) is 11.0. The molecule has 0 aliphatic heterocycles. The van der Waals surface area contributed by atoms with Crippen LogP contribution in [0.3, 0.4) is 0 Å². The second-order valence-electron chi connectivity index (χ2n) is 8.26. The van der Waals surface area contributed by atoms with Gasteiger partial charge < -0.3 is 15.2 Å². The molecule has 0 amide bonds. The molecule has 30 heavy (non-hydrogen) atoms. The van der Waals surface area contributed by atoms with Crippen LogP contribution in [0.5, 0.6) is 11.5 Å². The second-order valence-corrected chi connectivity index (χ2v) is 8.26. The van der Waals surface area contributed by atoms with Gasteiger partial charge in [0.05, 0.1) is 0 Å². The lowest BCUT2D eigenvalue weighted by molar-refractivity contribution is 0.253. The Morgan fingerprint density at radius 1 is 0.667 bits per heavy atom. The normalized spacial score (nSPS) is 15.5. The smallest absolute Gasteiger partial charge is 0.161 e. The summed E-state index contributed by atoms with van der Waals surface area (Å²) in [6.45, 7) is 1.71.